The van der Waals surface area contributed by atoms with E-state index in [0.717, 1.165) is 25.2 Å². The molecule has 0 saturated heterocycles. The van der Waals surface area contributed by atoms with Crippen molar-refractivity contribution in [2.45, 2.75) is 6.92 Å². The van der Waals surface area contributed by atoms with Gasteiger partial charge in [-0.3, -0.25) is 0 Å². The number of aromatic amines is 1. The Morgan fingerprint density at radius 1 is 1.47 bits per heavy atom. The summed E-state index contributed by atoms with van der Waals surface area (Å²) in [6.07, 6.45) is 1.59. The number of hydrogen-bond donors (Lipinski definition) is 3. The predicted octanol–water partition coefficient (Wildman–Crippen LogP) is 0.299. The number of fused-ring (bicyclic) bond motifs is 1. The quantitative estimate of drug-likeness (QED) is 0.689. The highest BCUT2D eigenvalue weighted by Crippen LogP contribution is 2.16. The third-order valence-corrected chi connectivity index (χ3v) is 2.63. The summed E-state index contributed by atoms with van der Waals surface area (Å²) < 4.78 is 0. The van der Waals surface area contributed by atoms with Gasteiger partial charge < -0.3 is 20.9 Å². The smallest absolute Gasteiger partial charge is 0.224 e. The van der Waals surface area contributed by atoms with Crippen LogP contribution < -0.4 is 11.1 Å². The van der Waals surface area contributed by atoms with E-state index >= 15 is 0 Å². The van der Waals surface area contributed by atoms with Crippen LogP contribution in [0, 0.1) is 0 Å². The Balaban J connectivity index is 2.09. The number of nitrogens with two attached hydrogens (primary N) is 1. The fourth-order valence-corrected chi connectivity index (χ4v) is 1.50. The lowest BCUT2D eigenvalue weighted by atomic mass is 10.4. The molecule has 2 aromatic rings. The number of nitrogens with one attached hydrogen (secondary N) is 2. The zero-order chi connectivity index (χ0) is 12.3. The van der Waals surface area contributed by atoms with Crippen LogP contribution in [-0.2, 0) is 0 Å². The van der Waals surface area contributed by atoms with Crippen molar-refractivity contribution in [1.82, 2.24) is 24.8 Å². The Morgan fingerprint density at radius 3 is 3.06 bits per heavy atom. The highest BCUT2D eigenvalue weighted by Gasteiger charge is 2.07. The van der Waals surface area contributed by atoms with Gasteiger partial charge in [-0.15, -0.1) is 0 Å². The summed E-state index contributed by atoms with van der Waals surface area (Å²) in [5.74, 6) is 0.936. The Labute approximate surface area is 99.5 Å². The molecule has 7 nitrogen and oxygen atoms in total. The van der Waals surface area contributed by atoms with Gasteiger partial charge >= 0.3 is 0 Å². The van der Waals surface area contributed by atoms with Crippen LogP contribution in [0.25, 0.3) is 11.2 Å². The summed E-state index contributed by atoms with van der Waals surface area (Å²) >= 11 is 0. The van der Waals surface area contributed by atoms with Crippen molar-refractivity contribution in [3.63, 3.8) is 0 Å². The molecule has 0 aliphatic rings. The number of nitrogen functional groups attached to an aromatic ring is 1. The normalized spacial score (nSPS) is 11.2. The van der Waals surface area contributed by atoms with E-state index in [4.69, 9.17) is 5.73 Å². The van der Waals surface area contributed by atoms with Crippen LogP contribution in [0.5, 0.6) is 0 Å². The molecule has 0 aliphatic carbocycles. The number of imidazole rings is 1. The maximum atomic E-state index is 5.62. The number of nitrogens with zero attached hydrogens (tertiary/aromatic N) is 4. The van der Waals surface area contributed by atoms with Gasteiger partial charge in [0.2, 0.25) is 5.95 Å². The van der Waals surface area contributed by atoms with E-state index in [1.807, 2.05) is 0 Å². The molecule has 0 saturated carbocycles. The zero-order valence-electron chi connectivity index (χ0n) is 10.1. The van der Waals surface area contributed by atoms with E-state index in [1.165, 1.54) is 0 Å². The summed E-state index contributed by atoms with van der Waals surface area (Å²) in [4.78, 5) is 17.5. The summed E-state index contributed by atoms with van der Waals surface area (Å²) in [5, 5.41) is 3.24. The maximum absolute atomic E-state index is 5.62. The SMILES string of the molecule is CCN(C)CCNc1nc(N)nc2nc[nH]c12. The van der Waals surface area contributed by atoms with E-state index in [-0.39, 0.29) is 5.95 Å². The average Bonchev–Trinajstić information content (AvgIpc) is 2.76. The first kappa shape index (κ1) is 11.6. The number of hydrogen-bond acceptors (Lipinski definition) is 6. The van der Waals surface area contributed by atoms with E-state index in [0.29, 0.717) is 11.5 Å². The molecule has 0 spiro atoms. The Bertz CT molecular complexity index is 492. The summed E-state index contributed by atoms with van der Waals surface area (Å²) in [7, 11) is 2.07. The van der Waals surface area contributed by atoms with Crippen LogP contribution in [0.1, 0.15) is 6.92 Å². The molecule has 0 aromatic carbocycles. The van der Waals surface area contributed by atoms with Gasteiger partial charge in [-0.2, -0.15) is 9.97 Å². The van der Waals surface area contributed by atoms with Gasteiger partial charge in [0, 0.05) is 13.1 Å². The molecule has 2 aromatic heterocycles. The Hall–Kier alpha value is -1.89. The zero-order valence-corrected chi connectivity index (χ0v) is 10.1. The number of rotatable bonds is 5. The summed E-state index contributed by atoms with van der Waals surface area (Å²) in [5.41, 5.74) is 6.99. The Morgan fingerprint density at radius 2 is 2.29 bits per heavy atom. The Kier molecular flexibility index (Phi) is 3.38. The first-order valence-corrected chi connectivity index (χ1v) is 5.59. The van der Waals surface area contributed by atoms with E-state index < -0.39 is 0 Å². The van der Waals surface area contributed by atoms with Gasteiger partial charge in [0.15, 0.2) is 11.5 Å². The van der Waals surface area contributed by atoms with Crippen LogP contribution in [-0.4, -0.2) is 51.5 Å². The van der Waals surface area contributed by atoms with Gasteiger partial charge in [-0.05, 0) is 13.6 Å². The number of aromatic nitrogens is 4. The molecule has 0 unspecified atom stereocenters. The number of anilines is 2. The molecule has 0 atom stereocenters. The standard InChI is InChI=1S/C10H17N7/c1-3-17(2)5-4-12-8-7-9(14-6-13-7)16-10(11)15-8/h6H,3-5H2,1-2H3,(H4,11,12,13,14,15,16). The molecular formula is C10H17N7. The maximum Gasteiger partial charge on any atom is 0.224 e. The predicted molar refractivity (Wildman–Crippen MR) is 67.8 cm³/mol. The number of likely N-dealkylation sites (N-methyl/N-ethyl adjacent to an activating group) is 1. The lowest BCUT2D eigenvalue weighted by Gasteiger charge is -2.14. The van der Waals surface area contributed by atoms with Crippen molar-refractivity contribution >= 4 is 22.9 Å². The van der Waals surface area contributed by atoms with E-state index in [1.54, 1.807) is 6.33 Å². The van der Waals surface area contributed by atoms with Crippen molar-refractivity contribution in [3.05, 3.63) is 6.33 Å². The minimum absolute atomic E-state index is 0.232. The third-order valence-electron chi connectivity index (χ3n) is 2.63. The van der Waals surface area contributed by atoms with E-state index in [9.17, 15) is 0 Å². The molecule has 2 rings (SSSR count). The monoisotopic (exact) mass is 235 g/mol. The molecule has 0 radical (unpaired) electrons. The minimum atomic E-state index is 0.232. The molecule has 0 bridgehead atoms. The lowest BCUT2D eigenvalue weighted by molar-refractivity contribution is 0.367. The lowest BCUT2D eigenvalue weighted by Crippen LogP contribution is -2.25. The second-order valence-electron chi connectivity index (χ2n) is 3.85. The molecule has 7 heteroatoms. The molecule has 92 valence electrons. The van der Waals surface area contributed by atoms with Gasteiger partial charge in [-0.1, -0.05) is 6.92 Å². The molecule has 2 heterocycles. The van der Waals surface area contributed by atoms with Gasteiger partial charge in [0.25, 0.3) is 0 Å². The molecule has 0 fully saturated rings. The van der Waals surface area contributed by atoms with Crippen molar-refractivity contribution in [1.29, 1.82) is 0 Å². The number of H-pyrrole nitrogens is 1. The summed E-state index contributed by atoms with van der Waals surface area (Å²) in [6, 6.07) is 0. The molecule has 0 amide bonds. The van der Waals surface area contributed by atoms with E-state index in [2.05, 4.69) is 44.1 Å². The van der Waals surface area contributed by atoms with Crippen molar-refractivity contribution in [3.8, 4) is 0 Å². The highest BCUT2D eigenvalue weighted by atomic mass is 15.2. The van der Waals surface area contributed by atoms with Crippen molar-refractivity contribution in [2.75, 3.05) is 37.7 Å². The van der Waals surface area contributed by atoms with Crippen LogP contribution in [0.3, 0.4) is 0 Å². The molecule has 4 N–H and O–H groups in total. The van der Waals surface area contributed by atoms with Crippen LogP contribution in [0.15, 0.2) is 6.33 Å². The van der Waals surface area contributed by atoms with Crippen molar-refractivity contribution in [2.24, 2.45) is 0 Å². The molecular weight excluding hydrogens is 218 g/mol. The van der Waals surface area contributed by atoms with Crippen molar-refractivity contribution < 1.29 is 0 Å². The summed E-state index contributed by atoms with van der Waals surface area (Å²) in [6.45, 7) is 4.88. The second-order valence-corrected chi connectivity index (χ2v) is 3.85. The van der Waals surface area contributed by atoms with Crippen LogP contribution in [0.4, 0.5) is 11.8 Å². The van der Waals surface area contributed by atoms with Crippen LogP contribution >= 0.6 is 0 Å². The fraction of sp³-hybridized carbons (Fsp3) is 0.500. The van der Waals surface area contributed by atoms with Gasteiger partial charge in [0.1, 0.15) is 5.52 Å². The topological polar surface area (TPSA) is 95.8 Å². The van der Waals surface area contributed by atoms with Gasteiger partial charge in [-0.25, -0.2) is 4.98 Å². The third kappa shape index (κ3) is 2.62. The molecule has 17 heavy (non-hydrogen) atoms. The average molecular weight is 235 g/mol. The minimum Gasteiger partial charge on any atom is -0.368 e. The largest absolute Gasteiger partial charge is 0.368 e. The highest BCUT2D eigenvalue weighted by molar-refractivity contribution is 5.83. The fourth-order valence-electron chi connectivity index (χ4n) is 1.50. The first-order chi connectivity index (χ1) is 8.20. The first-order valence-electron chi connectivity index (χ1n) is 5.59. The molecule has 0 aliphatic heterocycles. The second kappa shape index (κ2) is 4.96. The van der Waals surface area contributed by atoms with Gasteiger partial charge in [0.05, 0.1) is 6.33 Å². The van der Waals surface area contributed by atoms with Crippen LogP contribution in [0.2, 0.25) is 0 Å².